The zero-order valence-corrected chi connectivity index (χ0v) is 24.7. The number of hydrogen-bond acceptors (Lipinski definition) is 7. The fourth-order valence-electron chi connectivity index (χ4n) is 5.86. The molecule has 9 heteroatoms. The Morgan fingerprint density at radius 2 is 1.78 bits per heavy atom. The van der Waals surface area contributed by atoms with Crippen molar-refractivity contribution in [1.82, 2.24) is 15.0 Å². The Morgan fingerprint density at radius 3 is 2.39 bits per heavy atom. The standard InChI is InChI=1S/C32H40FN3O5/c1-20(2)21-10-12-23(13-11-21)32(38,31(6)18-36(19-31)29(37)40-30(3,4)5)25-9-7-8-24(26(25)33)27-34-28(41-35-27)22-14-16-39-17-15-22/h7-13,20,22,38H,14-19H2,1-6H3. The van der Waals surface area contributed by atoms with Crippen molar-refractivity contribution in [2.24, 2.45) is 5.41 Å². The van der Waals surface area contributed by atoms with Gasteiger partial charge < -0.3 is 24.0 Å². The van der Waals surface area contributed by atoms with Crippen molar-refractivity contribution < 1.29 is 28.3 Å². The SMILES string of the molecule is CC(C)c1ccc(C(O)(c2cccc(-c3noc(C4CCOCC4)n3)c2F)C2(C)CN(C(=O)OC(C)(C)C)C2)cc1. The summed E-state index contributed by atoms with van der Waals surface area (Å²) < 4.78 is 33.1. The number of likely N-dealkylation sites (tertiary alicyclic amines) is 1. The first-order valence-corrected chi connectivity index (χ1v) is 14.3. The van der Waals surface area contributed by atoms with Crippen molar-refractivity contribution in [2.45, 2.75) is 77.4 Å². The van der Waals surface area contributed by atoms with Crippen LogP contribution >= 0.6 is 0 Å². The average molecular weight is 566 g/mol. The van der Waals surface area contributed by atoms with Gasteiger partial charge in [-0.25, -0.2) is 9.18 Å². The van der Waals surface area contributed by atoms with Gasteiger partial charge in [-0.3, -0.25) is 0 Å². The van der Waals surface area contributed by atoms with Gasteiger partial charge in [0.25, 0.3) is 0 Å². The van der Waals surface area contributed by atoms with Crippen molar-refractivity contribution in [2.75, 3.05) is 26.3 Å². The number of halogens is 1. The van der Waals surface area contributed by atoms with Gasteiger partial charge in [0, 0.05) is 43.2 Å². The number of benzene rings is 2. The van der Waals surface area contributed by atoms with Crippen LogP contribution in [0.2, 0.25) is 0 Å². The van der Waals surface area contributed by atoms with Crippen molar-refractivity contribution in [3.05, 3.63) is 70.9 Å². The summed E-state index contributed by atoms with van der Waals surface area (Å²) >= 11 is 0. The van der Waals surface area contributed by atoms with E-state index >= 15 is 4.39 Å². The maximum Gasteiger partial charge on any atom is 0.410 e. The molecule has 0 aliphatic carbocycles. The fourth-order valence-corrected chi connectivity index (χ4v) is 5.86. The Hall–Kier alpha value is -3.30. The molecule has 0 saturated carbocycles. The second-order valence-electron chi connectivity index (χ2n) is 12.9. The lowest BCUT2D eigenvalue weighted by Gasteiger charge is -2.56. The molecule has 1 N–H and O–H groups in total. The lowest BCUT2D eigenvalue weighted by atomic mass is 9.61. The zero-order chi connectivity index (χ0) is 29.6. The maximum atomic E-state index is 16.6. The molecule has 1 amide bonds. The molecule has 0 bridgehead atoms. The van der Waals surface area contributed by atoms with E-state index in [1.807, 2.05) is 52.0 Å². The van der Waals surface area contributed by atoms with Crippen LogP contribution in [0.1, 0.15) is 88.8 Å². The number of aliphatic hydroxyl groups is 1. The topological polar surface area (TPSA) is 97.9 Å². The van der Waals surface area contributed by atoms with Gasteiger partial charge in [-0.15, -0.1) is 0 Å². The zero-order valence-electron chi connectivity index (χ0n) is 24.7. The summed E-state index contributed by atoms with van der Waals surface area (Å²) in [5.41, 5.74) is -1.45. The predicted octanol–water partition coefficient (Wildman–Crippen LogP) is 6.39. The largest absolute Gasteiger partial charge is 0.444 e. The average Bonchev–Trinajstić information content (AvgIpc) is 3.40. The molecule has 1 atom stereocenters. The third-order valence-electron chi connectivity index (χ3n) is 8.24. The minimum absolute atomic E-state index is 0.0698. The number of hydrogen-bond donors (Lipinski definition) is 1. The highest BCUT2D eigenvalue weighted by atomic mass is 19.1. The van der Waals surface area contributed by atoms with Gasteiger partial charge in [0.15, 0.2) is 0 Å². The molecule has 1 unspecified atom stereocenters. The van der Waals surface area contributed by atoms with Gasteiger partial charge in [0.05, 0.1) is 5.56 Å². The molecule has 220 valence electrons. The minimum atomic E-state index is -1.77. The number of carbonyl (C=O) groups is 1. The summed E-state index contributed by atoms with van der Waals surface area (Å²) in [6.45, 7) is 13.1. The molecule has 1 aromatic heterocycles. The summed E-state index contributed by atoms with van der Waals surface area (Å²) in [5, 5.41) is 16.8. The van der Waals surface area contributed by atoms with Crippen LogP contribution in [-0.2, 0) is 15.1 Å². The Morgan fingerprint density at radius 1 is 1.12 bits per heavy atom. The summed E-state index contributed by atoms with van der Waals surface area (Å²) in [4.78, 5) is 18.9. The monoisotopic (exact) mass is 565 g/mol. The van der Waals surface area contributed by atoms with Crippen LogP contribution in [0.25, 0.3) is 11.4 Å². The van der Waals surface area contributed by atoms with E-state index in [1.54, 1.807) is 23.1 Å². The van der Waals surface area contributed by atoms with Crippen LogP contribution in [0.5, 0.6) is 0 Å². The number of rotatable bonds is 6. The van der Waals surface area contributed by atoms with Crippen LogP contribution in [0.4, 0.5) is 9.18 Å². The second-order valence-corrected chi connectivity index (χ2v) is 12.9. The first-order valence-electron chi connectivity index (χ1n) is 14.3. The summed E-state index contributed by atoms with van der Waals surface area (Å²) in [6, 6.07) is 12.5. The first kappa shape index (κ1) is 29.2. The second kappa shape index (κ2) is 10.8. The molecule has 8 nitrogen and oxygen atoms in total. The van der Waals surface area contributed by atoms with Gasteiger partial charge in [-0.05, 0) is 56.7 Å². The van der Waals surface area contributed by atoms with Gasteiger partial charge in [-0.1, -0.05) is 62.3 Å². The van der Waals surface area contributed by atoms with Crippen molar-refractivity contribution >= 4 is 6.09 Å². The normalized spacial score (nSPS) is 19.1. The van der Waals surface area contributed by atoms with Gasteiger partial charge in [0.1, 0.15) is 17.0 Å². The first-order chi connectivity index (χ1) is 19.3. The smallest absolute Gasteiger partial charge is 0.410 e. The van der Waals surface area contributed by atoms with E-state index in [4.69, 9.17) is 14.0 Å². The number of amides is 1. The third kappa shape index (κ3) is 5.49. The molecule has 2 aliphatic rings. The van der Waals surface area contributed by atoms with Crippen LogP contribution < -0.4 is 0 Å². The molecule has 0 spiro atoms. The molecule has 3 heterocycles. The highest BCUT2D eigenvalue weighted by molar-refractivity contribution is 5.70. The molecular weight excluding hydrogens is 525 g/mol. The maximum absolute atomic E-state index is 16.6. The minimum Gasteiger partial charge on any atom is -0.444 e. The van der Waals surface area contributed by atoms with Crippen molar-refractivity contribution in [3.63, 3.8) is 0 Å². The van der Waals surface area contributed by atoms with E-state index < -0.39 is 28.5 Å². The lowest BCUT2D eigenvalue weighted by Crippen LogP contribution is -2.66. The van der Waals surface area contributed by atoms with Gasteiger partial charge >= 0.3 is 6.09 Å². The highest BCUT2D eigenvalue weighted by Crippen LogP contribution is 2.52. The quantitative estimate of drug-likeness (QED) is 0.370. The molecule has 41 heavy (non-hydrogen) atoms. The number of carbonyl (C=O) groups excluding carboxylic acids is 1. The molecule has 5 rings (SSSR count). The van der Waals surface area contributed by atoms with E-state index in [2.05, 4.69) is 24.0 Å². The van der Waals surface area contributed by atoms with E-state index in [1.165, 1.54) is 0 Å². The molecular formula is C32H40FN3O5. The Balaban J connectivity index is 1.54. The summed E-state index contributed by atoms with van der Waals surface area (Å²) in [6.07, 6.45) is 1.07. The van der Waals surface area contributed by atoms with E-state index in [0.29, 0.717) is 30.6 Å². The number of aromatic nitrogens is 2. The molecule has 0 radical (unpaired) electrons. The Labute approximate surface area is 240 Å². The molecule has 2 fully saturated rings. The van der Waals surface area contributed by atoms with Crippen LogP contribution in [0, 0.1) is 11.2 Å². The van der Waals surface area contributed by atoms with E-state index in [-0.39, 0.29) is 36.0 Å². The molecule has 2 saturated heterocycles. The third-order valence-corrected chi connectivity index (χ3v) is 8.24. The highest BCUT2D eigenvalue weighted by Gasteiger charge is 2.59. The van der Waals surface area contributed by atoms with Crippen LogP contribution in [-0.4, -0.2) is 58.1 Å². The Bertz CT molecular complexity index is 1390. The van der Waals surface area contributed by atoms with Crippen LogP contribution in [0.3, 0.4) is 0 Å². The number of ether oxygens (including phenoxy) is 2. The van der Waals surface area contributed by atoms with Gasteiger partial charge in [0.2, 0.25) is 11.7 Å². The van der Waals surface area contributed by atoms with E-state index in [0.717, 1.165) is 18.4 Å². The summed E-state index contributed by atoms with van der Waals surface area (Å²) in [5.74, 6) is 0.339. The number of nitrogens with zero attached hydrogens (tertiary/aromatic N) is 3. The predicted molar refractivity (Wildman–Crippen MR) is 152 cm³/mol. The van der Waals surface area contributed by atoms with Gasteiger partial charge in [-0.2, -0.15) is 4.98 Å². The van der Waals surface area contributed by atoms with E-state index in [9.17, 15) is 9.90 Å². The van der Waals surface area contributed by atoms with Crippen LogP contribution in [0.15, 0.2) is 47.0 Å². The van der Waals surface area contributed by atoms with Crippen molar-refractivity contribution in [1.29, 1.82) is 0 Å². The molecule has 3 aromatic rings. The fraction of sp³-hybridized carbons (Fsp3) is 0.531. The van der Waals surface area contributed by atoms with Crippen molar-refractivity contribution in [3.8, 4) is 11.4 Å². The summed E-state index contributed by atoms with van der Waals surface area (Å²) in [7, 11) is 0. The lowest BCUT2D eigenvalue weighted by molar-refractivity contribution is -0.132. The Kier molecular flexibility index (Phi) is 7.72. The molecule has 2 aliphatic heterocycles. The molecule has 2 aromatic carbocycles.